The van der Waals surface area contributed by atoms with Gasteiger partial charge in [-0.15, -0.1) is 0 Å². The average molecular weight is 282 g/mol. The molecule has 0 fully saturated rings. The molecule has 1 amide bonds. The lowest BCUT2D eigenvalue weighted by Crippen LogP contribution is -2.36. The van der Waals surface area contributed by atoms with Gasteiger partial charge in [0.2, 0.25) is 0 Å². The highest BCUT2D eigenvalue weighted by Gasteiger charge is 2.15. The van der Waals surface area contributed by atoms with Crippen LogP contribution in [0.3, 0.4) is 0 Å². The van der Waals surface area contributed by atoms with E-state index in [1.54, 1.807) is 26.0 Å². The first kappa shape index (κ1) is 16.4. The molecule has 0 radical (unpaired) electrons. The number of nitrogens with two attached hydrogens (primary N) is 1. The molecule has 0 bridgehead atoms. The first-order valence-electron chi connectivity index (χ1n) is 6.95. The Morgan fingerprint density at radius 3 is 2.70 bits per heavy atom. The molecule has 0 aliphatic heterocycles. The lowest BCUT2D eigenvalue weighted by atomic mass is 10.1. The van der Waals surface area contributed by atoms with Crippen LogP contribution in [-0.4, -0.2) is 18.6 Å². The quantitative estimate of drug-likeness (QED) is 0.755. The van der Waals surface area contributed by atoms with Crippen LogP contribution in [0.4, 0.5) is 4.39 Å². The van der Waals surface area contributed by atoms with Gasteiger partial charge in [-0.3, -0.25) is 4.79 Å². The summed E-state index contributed by atoms with van der Waals surface area (Å²) in [6.45, 7) is 6.03. The maximum absolute atomic E-state index is 13.7. The Hall–Kier alpha value is -1.62. The van der Waals surface area contributed by atoms with Gasteiger partial charge in [0.15, 0.2) is 6.10 Å². The van der Waals surface area contributed by atoms with Crippen molar-refractivity contribution < 1.29 is 13.9 Å². The van der Waals surface area contributed by atoms with Crippen molar-refractivity contribution >= 4 is 5.91 Å². The minimum atomic E-state index is -0.660. The molecule has 0 aliphatic carbocycles. The minimum absolute atomic E-state index is 0.199. The number of hydrogen-bond acceptors (Lipinski definition) is 3. The van der Waals surface area contributed by atoms with Gasteiger partial charge in [0.05, 0.1) is 0 Å². The summed E-state index contributed by atoms with van der Waals surface area (Å²) < 4.78 is 19.2. The van der Waals surface area contributed by atoms with E-state index < -0.39 is 11.9 Å². The number of carbonyl (C=O) groups is 1. The van der Waals surface area contributed by atoms with E-state index >= 15 is 0 Å². The molecule has 20 heavy (non-hydrogen) atoms. The molecular weight excluding hydrogens is 259 g/mol. The number of ether oxygens (including phenoxy) is 1. The van der Waals surface area contributed by atoms with Gasteiger partial charge in [-0.1, -0.05) is 19.4 Å². The zero-order valence-electron chi connectivity index (χ0n) is 12.3. The molecule has 0 saturated carbocycles. The van der Waals surface area contributed by atoms with Crippen molar-refractivity contribution in [3.8, 4) is 5.75 Å². The SMILES string of the molecule is CCCCNC(=O)C(C)Oc1ccc([C@@H](C)N)c(F)c1. The molecule has 1 rings (SSSR count). The second kappa shape index (κ2) is 7.85. The summed E-state index contributed by atoms with van der Waals surface area (Å²) in [5.74, 6) is -0.295. The maximum atomic E-state index is 13.7. The van der Waals surface area contributed by atoms with Crippen molar-refractivity contribution in [3.63, 3.8) is 0 Å². The fourth-order valence-corrected chi connectivity index (χ4v) is 1.74. The van der Waals surface area contributed by atoms with E-state index in [9.17, 15) is 9.18 Å². The maximum Gasteiger partial charge on any atom is 0.260 e. The van der Waals surface area contributed by atoms with Crippen molar-refractivity contribution in [1.82, 2.24) is 5.32 Å². The Morgan fingerprint density at radius 1 is 1.45 bits per heavy atom. The first-order chi connectivity index (χ1) is 9.45. The van der Waals surface area contributed by atoms with Crippen molar-refractivity contribution in [1.29, 1.82) is 0 Å². The van der Waals surface area contributed by atoms with Crippen LogP contribution in [0.1, 0.15) is 45.2 Å². The van der Waals surface area contributed by atoms with Crippen LogP contribution in [0.2, 0.25) is 0 Å². The predicted molar refractivity (Wildman–Crippen MR) is 77.0 cm³/mol. The fraction of sp³-hybridized carbons (Fsp3) is 0.533. The number of halogens is 1. The van der Waals surface area contributed by atoms with Crippen LogP contribution < -0.4 is 15.8 Å². The van der Waals surface area contributed by atoms with E-state index in [4.69, 9.17) is 10.5 Å². The standard InChI is InChI=1S/C15H23FN2O2/c1-4-5-8-18-15(19)11(3)20-12-6-7-13(10(2)17)14(16)9-12/h6-7,9-11H,4-5,8,17H2,1-3H3,(H,18,19)/t10-,11?/m1/s1. The van der Waals surface area contributed by atoms with Gasteiger partial charge >= 0.3 is 0 Å². The molecule has 0 aliphatic rings. The highest BCUT2D eigenvalue weighted by molar-refractivity contribution is 5.80. The molecule has 0 aromatic heterocycles. The van der Waals surface area contributed by atoms with E-state index in [2.05, 4.69) is 12.2 Å². The number of hydrogen-bond donors (Lipinski definition) is 2. The van der Waals surface area contributed by atoms with Gasteiger partial charge in [0.25, 0.3) is 5.91 Å². The van der Waals surface area contributed by atoms with Gasteiger partial charge in [0.1, 0.15) is 11.6 Å². The van der Waals surface area contributed by atoms with Crippen molar-refractivity contribution in [2.75, 3.05) is 6.54 Å². The summed E-state index contributed by atoms with van der Waals surface area (Å²) in [6.07, 6.45) is 1.28. The van der Waals surface area contributed by atoms with Crippen LogP contribution >= 0.6 is 0 Å². The monoisotopic (exact) mass is 282 g/mol. The summed E-state index contributed by atoms with van der Waals surface area (Å²) >= 11 is 0. The lowest BCUT2D eigenvalue weighted by Gasteiger charge is -2.16. The number of amides is 1. The molecule has 0 saturated heterocycles. The summed E-state index contributed by atoms with van der Waals surface area (Å²) in [4.78, 5) is 11.7. The third kappa shape index (κ3) is 4.81. The zero-order valence-corrected chi connectivity index (χ0v) is 12.3. The summed E-state index contributed by atoms with van der Waals surface area (Å²) in [6, 6.07) is 4.09. The Bertz CT molecular complexity index is 449. The normalized spacial score (nSPS) is 13.7. The third-order valence-corrected chi connectivity index (χ3v) is 2.97. The molecule has 2 atom stereocenters. The fourth-order valence-electron chi connectivity index (χ4n) is 1.74. The number of nitrogens with one attached hydrogen (secondary N) is 1. The Morgan fingerprint density at radius 2 is 2.15 bits per heavy atom. The van der Waals surface area contributed by atoms with Crippen LogP contribution in [0.15, 0.2) is 18.2 Å². The second-order valence-corrected chi connectivity index (χ2v) is 4.88. The van der Waals surface area contributed by atoms with E-state index in [-0.39, 0.29) is 11.9 Å². The predicted octanol–water partition coefficient (Wildman–Crippen LogP) is 2.53. The topological polar surface area (TPSA) is 64.3 Å². The van der Waals surface area contributed by atoms with Crippen molar-refractivity contribution in [2.24, 2.45) is 5.73 Å². The third-order valence-electron chi connectivity index (χ3n) is 2.97. The molecule has 4 nitrogen and oxygen atoms in total. The van der Waals surface area contributed by atoms with E-state index in [1.807, 2.05) is 0 Å². The molecule has 5 heteroatoms. The van der Waals surface area contributed by atoms with E-state index in [0.717, 1.165) is 12.8 Å². The Labute approximate surface area is 119 Å². The molecule has 1 aromatic rings. The summed E-state index contributed by atoms with van der Waals surface area (Å²) in [5.41, 5.74) is 6.07. The largest absolute Gasteiger partial charge is 0.481 e. The molecule has 0 spiro atoms. The smallest absolute Gasteiger partial charge is 0.260 e. The number of carbonyl (C=O) groups excluding carboxylic acids is 1. The van der Waals surface area contributed by atoms with Gasteiger partial charge in [-0.25, -0.2) is 4.39 Å². The Kier molecular flexibility index (Phi) is 6.45. The average Bonchev–Trinajstić information content (AvgIpc) is 2.38. The minimum Gasteiger partial charge on any atom is -0.481 e. The van der Waals surface area contributed by atoms with Crippen LogP contribution in [0, 0.1) is 5.82 Å². The van der Waals surface area contributed by atoms with E-state index in [1.165, 1.54) is 6.07 Å². The molecule has 0 heterocycles. The van der Waals surface area contributed by atoms with Crippen LogP contribution in [-0.2, 0) is 4.79 Å². The second-order valence-electron chi connectivity index (χ2n) is 4.88. The Balaban J connectivity index is 2.59. The lowest BCUT2D eigenvalue weighted by molar-refractivity contribution is -0.127. The molecule has 1 aromatic carbocycles. The van der Waals surface area contributed by atoms with Gasteiger partial charge < -0.3 is 15.8 Å². The highest BCUT2D eigenvalue weighted by atomic mass is 19.1. The summed E-state index contributed by atoms with van der Waals surface area (Å²) in [7, 11) is 0. The van der Waals surface area contributed by atoms with E-state index in [0.29, 0.717) is 17.9 Å². The number of rotatable bonds is 7. The molecular formula is C15H23FN2O2. The number of benzene rings is 1. The highest BCUT2D eigenvalue weighted by Crippen LogP contribution is 2.21. The number of unbranched alkanes of at least 4 members (excludes halogenated alkanes) is 1. The van der Waals surface area contributed by atoms with Crippen LogP contribution in [0.5, 0.6) is 5.75 Å². The van der Waals surface area contributed by atoms with Crippen molar-refractivity contribution in [3.05, 3.63) is 29.6 Å². The first-order valence-corrected chi connectivity index (χ1v) is 6.95. The van der Waals surface area contributed by atoms with Crippen molar-refractivity contribution in [2.45, 2.75) is 45.8 Å². The van der Waals surface area contributed by atoms with Gasteiger partial charge in [-0.05, 0) is 26.3 Å². The molecule has 1 unspecified atom stereocenters. The zero-order chi connectivity index (χ0) is 15.1. The van der Waals surface area contributed by atoms with Gasteiger partial charge in [-0.2, -0.15) is 0 Å². The van der Waals surface area contributed by atoms with Gasteiger partial charge in [0, 0.05) is 24.2 Å². The molecule has 112 valence electrons. The summed E-state index contributed by atoms with van der Waals surface area (Å²) in [5, 5.41) is 2.77. The van der Waals surface area contributed by atoms with Crippen LogP contribution in [0.25, 0.3) is 0 Å². The molecule has 3 N–H and O–H groups in total.